The number of unbranched alkanes of at least 4 members (excludes halogenated alkanes) is 4. The minimum atomic E-state index is -1.17. The Balaban J connectivity index is 1.86. The lowest BCUT2D eigenvalue weighted by Gasteiger charge is -2.09. The summed E-state index contributed by atoms with van der Waals surface area (Å²) in [5.41, 5.74) is 1.84. The van der Waals surface area contributed by atoms with Crippen LogP contribution in [0.15, 0.2) is 36.4 Å². The highest BCUT2D eigenvalue weighted by atomic mass is 19.2. The molecule has 0 bridgehead atoms. The molecule has 132 valence electrons. The molecule has 0 radical (unpaired) electrons. The van der Waals surface area contributed by atoms with Crippen LogP contribution in [0.4, 0.5) is 8.78 Å². The second-order valence-corrected chi connectivity index (χ2v) is 6.12. The number of hydrogen-bond donors (Lipinski definition) is 0. The molecule has 0 saturated carbocycles. The van der Waals surface area contributed by atoms with Crippen LogP contribution in [-0.2, 0) is 13.0 Å². The summed E-state index contributed by atoms with van der Waals surface area (Å²) < 4.78 is 32.7. The summed E-state index contributed by atoms with van der Waals surface area (Å²) >= 11 is 0. The van der Waals surface area contributed by atoms with Gasteiger partial charge in [0.25, 0.3) is 0 Å². The SMILES string of the molecule is CCCCCCCc1ccc(COc2ccc(C#N)c(F)c2F)cc1. The lowest BCUT2D eigenvalue weighted by atomic mass is 10.0. The molecular formula is C21H23F2NO. The molecule has 0 N–H and O–H groups in total. The highest BCUT2D eigenvalue weighted by Gasteiger charge is 2.14. The molecule has 0 aliphatic rings. The van der Waals surface area contributed by atoms with Gasteiger partial charge in [-0.25, -0.2) is 4.39 Å². The summed E-state index contributed by atoms with van der Waals surface area (Å²) in [6.07, 6.45) is 7.32. The maximum Gasteiger partial charge on any atom is 0.202 e. The maximum absolute atomic E-state index is 13.8. The van der Waals surface area contributed by atoms with Gasteiger partial charge in [0.05, 0.1) is 5.56 Å². The van der Waals surface area contributed by atoms with E-state index in [-0.39, 0.29) is 17.9 Å². The molecule has 0 aromatic heterocycles. The maximum atomic E-state index is 13.8. The number of benzene rings is 2. The second kappa shape index (κ2) is 9.78. The van der Waals surface area contributed by atoms with Gasteiger partial charge >= 0.3 is 0 Å². The van der Waals surface area contributed by atoms with E-state index in [4.69, 9.17) is 10.00 Å². The van der Waals surface area contributed by atoms with Gasteiger partial charge in [-0.2, -0.15) is 9.65 Å². The molecule has 4 heteroatoms. The molecule has 0 spiro atoms. The zero-order valence-electron chi connectivity index (χ0n) is 14.5. The van der Waals surface area contributed by atoms with Gasteiger partial charge in [0.1, 0.15) is 12.7 Å². The van der Waals surface area contributed by atoms with Crippen LogP contribution in [0.1, 0.15) is 55.7 Å². The third-order valence-electron chi connectivity index (χ3n) is 4.15. The molecule has 25 heavy (non-hydrogen) atoms. The van der Waals surface area contributed by atoms with Crippen LogP contribution in [0.5, 0.6) is 5.75 Å². The van der Waals surface area contributed by atoms with Crippen LogP contribution in [-0.4, -0.2) is 0 Å². The van der Waals surface area contributed by atoms with Gasteiger partial charge in [0.15, 0.2) is 11.6 Å². The third-order valence-corrected chi connectivity index (χ3v) is 4.15. The Bertz CT molecular complexity index is 720. The smallest absolute Gasteiger partial charge is 0.202 e. The minimum absolute atomic E-state index is 0.152. The van der Waals surface area contributed by atoms with Crippen molar-refractivity contribution in [1.29, 1.82) is 5.26 Å². The molecule has 0 aliphatic carbocycles. The van der Waals surface area contributed by atoms with Gasteiger partial charge in [-0.1, -0.05) is 56.9 Å². The van der Waals surface area contributed by atoms with Crippen molar-refractivity contribution in [3.05, 3.63) is 64.7 Å². The minimum Gasteiger partial charge on any atom is -0.486 e. The van der Waals surface area contributed by atoms with Gasteiger partial charge in [-0.15, -0.1) is 0 Å². The highest BCUT2D eigenvalue weighted by molar-refractivity contribution is 5.37. The van der Waals surface area contributed by atoms with E-state index < -0.39 is 11.6 Å². The predicted octanol–water partition coefficient (Wildman–Crippen LogP) is 5.93. The van der Waals surface area contributed by atoms with Crippen LogP contribution in [0.25, 0.3) is 0 Å². The molecule has 2 rings (SSSR count). The van der Waals surface area contributed by atoms with E-state index >= 15 is 0 Å². The van der Waals surface area contributed by atoms with Crippen molar-refractivity contribution in [2.75, 3.05) is 0 Å². The first-order valence-electron chi connectivity index (χ1n) is 8.74. The van der Waals surface area contributed by atoms with Gasteiger partial charge in [-0.3, -0.25) is 0 Å². The number of aryl methyl sites for hydroxylation is 1. The first-order valence-corrected chi connectivity index (χ1v) is 8.74. The van der Waals surface area contributed by atoms with E-state index in [9.17, 15) is 8.78 Å². The van der Waals surface area contributed by atoms with Crippen molar-refractivity contribution >= 4 is 0 Å². The monoisotopic (exact) mass is 343 g/mol. The summed E-state index contributed by atoms with van der Waals surface area (Å²) in [7, 11) is 0. The summed E-state index contributed by atoms with van der Waals surface area (Å²) in [6.45, 7) is 2.36. The van der Waals surface area contributed by atoms with Crippen molar-refractivity contribution in [2.45, 2.75) is 52.1 Å². The lowest BCUT2D eigenvalue weighted by Crippen LogP contribution is -2.00. The van der Waals surface area contributed by atoms with Crippen molar-refractivity contribution in [3.8, 4) is 11.8 Å². The third kappa shape index (κ3) is 5.56. The molecule has 0 saturated heterocycles. The number of rotatable bonds is 9. The highest BCUT2D eigenvalue weighted by Crippen LogP contribution is 2.23. The van der Waals surface area contributed by atoms with E-state index in [2.05, 4.69) is 6.92 Å². The molecule has 0 atom stereocenters. The number of halogens is 2. The van der Waals surface area contributed by atoms with Crippen LogP contribution < -0.4 is 4.74 Å². The molecule has 2 nitrogen and oxygen atoms in total. The molecule has 2 aromatic rings. The summed E-state index contributed by atoms with van der Waals surface area (Å²) in [4.78, 5) is 0. The molecular weight excluding hydrogens is 320 g/mol. The Morgan fingerprint density at radius 2 is 1.56 bits per heavy atom. The first kappa shape index (κ1) is 18.9. The molecule has 0 fully saturated rings. The lowest BCUT2D eigenvalue weighted by molar-refractivity contribution is 0.284. The van der Waals surface area contributed by atoms with E-state index in [1.54, 1.807) is 6.07 Å². The Hall–Kier alpha value is -2.41. The predicted molar refractivity (Wildman–Crippen MR) is 94.3 cm³/mol. The summed E-state index contributed by atoms with van der Waals surface area (Å²) in [5, 5.41) is 8.67. The van der Waals surface area contributed by atoms with E-state index in [1.807, 2.05) is 24.3 Å². The molecule has 0 aliphatic heterocycles. The largest absolute Gasteiger partial charge is 0.486 e. The van der Waals surface area contributed by atoms with E-state index in [1.165, 1.54) is 49.8 Å². The molecule has 2 aromatic carbocycles. The average Bonchev–Trinajstić information content (AvgIpc) is 2.64. The average molecular weight is 343 g/mol. The Labute approximate surface area is 148 Å². The normalized spacial score (nSPS) is 10.5. The van der Waals surface area contributed by atoms with Crippen molar-refractivity contribution in [3.63, 3.8) is 0 Å². The Morgan fingerprint density at radius 3 is 2.24 bits per heavy atom. The topological polar surface area (TPSA) is 33.0 Å². The summed E-state index contributed by atoms with van der Waals surface area (Å²) in [6, 6.07) is 12.1. The first-order chi connectivity index (χ1) is 12.2. The number of nitriles is 1. The van der Waals surface area contributed by atoms with Crippen LogP contribution >= 0.6 is 0 Å². The number of nitrogens with zero attached hydrogens (tertiary/aromatic N) is 1. The second-order valence-electron chi connectivity index (χ2n) is 6.12. The van der Waals surface area contributed by atoms with Crippen molar-refractivity contribution in [1.82, 2.24) is 0 Å². The molecule has 0 unspecified atom stereocenters. The van der Waals surface area contributed by atoms with Crippen LogP contribution in [0.2, 0.25) is 0 Å². The fourth-order valence-corrected chi connectivity index (χ4v) is 2.63. The van der Waals surface area contributed by atoms with Gasteiger partial charge in [0, 0.05) is 0 Å². The zero-order valence-corrected chi connectivity index (χ0v) is 14.5. The Kier molecular flexibility index (Phi) is 7.40. The summed E-state index contributed by atoms with van der Waals surface area (Å²) in [5.74, 6) is -2.47. The van der Waals surface area contributed by atoms with Crippen molar-refractivity contribution < 1.29 is 13.5 Å². The van der Waals surface area contributed by atoms with Crippen LogP contribution in [0, 0.1) is 23.0 Å². The van der Waals surface area contributed by atoms with Crippen molar-refractivity contribution in [2.24, 2.45) is 0 Å². The fraction of sp³-hybridized carbons (Fsp3) is 0.381. The van der Waals surface area contributed by atoms with Gasteiger partial charge < -0.3 is 4.74 Å². The standard InChI is InChI=1S/C21H23F2NO/c1-2-3-4-5-6-7-16-8-10-17(11-9-16)15-25-19-13-12-18(14-24)20(22)21(19)23/h8-13H,2-7,15H2,1H3. The molecule has 0 amide bonds. The number of ether oxygens (including phenoxy) is 1. The van der Waals surface area contributed by atoms with Gasteiger partial charge in [0.2, 0.25) is 5.82 Å². The molecule has 0 heterocycles. The van der Waals surface area contributed by atoms with Crippen LogP contribution in [0.3, 0.4) is 0 Å². The quantitative estimate of drug-likeness (QED) is 0.529. The van der Waals surface area contributed by atoms with E-state index in [0.29, 0.717) is 0 Å². The van der Waals surface area contributed by atoms with Gasteiger partial charge in [-0.05, 0) is 36.1 Å². The Morgan fingerprint density at radius 1 is 0.880 bits per heavy atom. The fourth-order valence-electron chi connectivity index (χ4n) is 2.63. The number of hydrogen-bond acceptors (Lipinski definition) is 2. The zero-order chi connectivity index (χ0) is 18.1. The van der Waals surface area contributed by atoms with E-state index in [0.717, 1.165) is 12.0 Å².